The molecule has 0 N–H and O–H groups in total. The maximum absolute atomic E-state index is 6.57. The SMILES string of the molecule is C/C=C/C(C)=C/[C@@H](C)[C@@H](/C=C/C)O[Si](C)(C)C(C)(C)C. The van der Waals surface area contributed by atoms with Crippen molar-refractivity contribution in [2.24, 2.45) is 5.92 Å². The van der Waals surface area contributed by atoms with Crippen LogP contribution in [0.25, 0.3) is 0 Å². The predicted octanol–water partition coefficient (Wildman–Crippen LogP) is 6.11. The minimum absolute atomic E-state index is 0.168. The van der Waals surface area contributed by atoms with E-state index in [4.69, 9.17) is 4.43 Å². The van der Waals surface area contributed by atoms with Crippen molar-refractivity contribution in [3.63, 3.8) is 0 Å². The zero-order valence-electron chi connectivity index (χ0n) is 14.9. The van der Waals surface area contributed by atoms with Crippen molar-refractivity contribution in [1.29, 1.82) is 0 Å². The molecular weight excluding hydrogens is 260 g/mol. The Morgan fingerprint density at radius 1 is 1.10 bits per heavy atom. The van der Waals surface area contributed by atoms with Gasteiger partial charge in [-0.05, 0) is 38.9 Å². The third kappa shape index (κ3) is 6.23. The molecule has 0 aromatic heterocycles. The van der Waals surface area contributed by atoms with Crippen LogP contribution in [0.5, 0.6) is 0 Å². The summed E-state index contributed by atoms with van der Waals surface area (Å²) >= 11 is 0. The van der Waals surface area contributed by atoms with Gasteiger partial charge in [-0.25, -0.2) is 0 Å². The molecule has 0 aromatic carbocycles. The Hall–Kier alpha value is -0.603. The van der Waals surface area contributed by atoms with Crippen LogP contribution in [0.2, 0.25) is 18.1 Å². The zero-order chi connectivity index (χ0) is 16.0. The quantitative estimate of drug-likeness (QED) is 0.326. The van der Waals surface area contributed by atoms with Gasteiger partial charge >= 0.3 is 0 Å². The van der Waals surface area contributed by atoms with Crippen LogP contribution in [0.1, 0.15) is 48.5 Å². The summed E-state index contributed by atoms with van der Waals surface area (Å²) in [6, 6.07) is 0. The fraction of sp³-hybridized carbons (Fsp3) is 0.667. The highest BCUT2D eigenvalue weighted by Crippen LogP contribution is 2.38. The maximum atomic E-state index is 6.57. The third-order valence-corrected chi connectivity index (χ3v) is 8.57. The molecule has 0 heterocycles. The normalized spacial score (nSPS) is 17.9. The highest BCUT2D eigenvalue weighted by molar-refractivity contribution is 6.74. The molecule has 0 spiro atoms. The lowest BCUT2D eigenvalue weighted by Crippen LogP contribution is -2.44. The first-order chi connectivity index (χ1) is 9.05. The zero-order valence-corrected chi connectivity index (χ0v) is 15.9. The molecule has 0 aliphatic heterocycles. The van der Waals surface area contributed by atoms with Crippen LogP contribution in [0.15, 0.2) is 36.0 Å². The summed E-state index contributed by atoms with van der Waals surface area (Å²) < 4.78 is 6.57. The first-order valence-electron chi connectivity index (χ1n) is 7.67. The molecule has 116 valence electrons. The van der Waals surface area contributed by atoms with Crippen LogP contribution < -0.4 is 0 Å². The Morgan fingerprint density at radius 3 is 2.05 bits per heavy atom. The molecule has 0 amide bonds. The predicted molar refractivity (Wildman–Crippen MR) is 94.6 cm³/mol. The van der Waals surface area contributed by atoms with E-state index in [0.717, 1.165) is 0 Å². The summed E-state index contributed by atoms with van der Waals surface area (Å²) in [6.45, 7) is 20.0. The Bertz CT molecular complexity index is 369. The second-order valence-corrected chi connectivity index (χ2v) is 11.9. The largest absolute Gasteiger partial charge is 0.410 e. The smallest absolute Gasteiger partial charge is 0.192 e. The summed E-state index contributed by atoms with van der Waals surface area (Å²) in [5, 5.41) is 0.245. The van der Waals surface area contributed by atoms with Gasteiger partial charge in [0.25, 0.3) is 0 Å². The van der Waals surface area contributed by atoms with Gasteiger partial charge in [0.15, 0.2) is 8.32 Å². The lowest BCUT2D eigenvalue weighted by atomic mass is 10.0. The van der Waals surface area contributed by atoms with E-state index in [-0.39, 0.29) is 11.1 Å². The van der Waals surface area contributed by atoms with E-state index in [2.05, 4.69) is 91.9 Å². The molecule has 0 aliphatic carbocycles. The van der Waals surface area contributed by atoms with Gasteiger partial charge in [0.1, 0.15) is 0 Å². The molecule has 0 saturated heterocycles. The molecule has 0 unspecified atom stereocenters. The van der Waals surface area contributed by atoms with Crippen LogP contribution in [-0.2, 0) is 4.43 Å². The summed E-state index contributed by atoms with van der Waals surface area (Å²) in [5.41, 5.74) is 1.30. The van der Waals surface area contributed by atoms with Gasteiger partial charge in [-0.15, -0.1) is 0 Å². The Morgan fingerprint density at radius 2 is 1.65 bits per heavy atom. The standard InChI is InChI=1S/C18H34OSi/c1-10-12-15(3)14-16(4)17(13-11-2)19-20(8,9)18(5,6)7/h10-14,16-17H,1-9H3/b12-10+,13-11+,15-14+/t16-,17-/m1/s1. The molecule has 2 heteroatoms. The van der Waals surface area contributed by atoms with E-state index in [1.807, 2.05) is 0 Å². The van der Waals surface area contributed by atoms with Gasteiger partial charge in [-0.2, -0.15) is 0 Å². The van der Waals surface area contributed by atoms with Crippen molar-refractivity contribution in [2.75, 3.05) is 0 Å². The van der Waals surface area contributed by atoms with Gasteiger partial charge in [0.05, 0.1) is 6.10 Å². The average Bonchev–Trinajstić information content (AvgIpc) is 2.26. The molecule has 0 fully saturated rings. The van der Waals surface area contributed by atoms with Crippen LogP contribution in [0.3, 0.4) is 0 Å². The Kier molecular flexibility index (Phi) is 7.75. The number of rotatable bonds is 6. The first kappa shape index (κ1) is 19.4. The van der Waals surface area contributed by atoms with Crippen molar-refractivity contribution < 1.29 is 4.43 Å². The highest BCUT2D eigenvalue weighted by atomic mass is 28.4. The number of allylic oxidation sites excluding steroid dienone is 4. The summed E-state index contributed by atoms with van der Waals surface area (Å²) in [5.74, 6) is 0.386. The number of hydrogen-bond acceptors (Lipinski definition) is 1. The second kappa shape index (κ2) is 7.99. The van der Waals surface area contributed by atoms with Gasteiger partial charge in [-0.3, -0.25) is 0 Å². The van der Waals surface area contributed by atoms with E-state index >= 15 is 0 Å². The first-order valence-corrected chi connectivity index (χ1v) is 10.6. The molecule has 0 bridgehead atoms. The van der Waals surface area contributed by atoms with Crippen molar-refractivity contribution in [2.45, 2.75) is 72.7 Å². The lowest BCUT2D eigenvalue weighted by molar-refractivity contribution is 0.189. The van der Waals surface area contributed by atoms with Crippen LogP contribution in [-0.4, -0.2) is 14.4 Å². The van der Waals surface area contributed by atoms with Crippen molar-refractivity contribution in [1.82, 2.24) is 0 Å². The molecule has 0 aliphatic rings. The van der Waals surface area contributed by atoms with Crippen molar-refractivity contribution in [3.05, 3.63) is 36.0 Å². The molecule has 0 rings (SSSR count). The highest BCUT2D eigenvalue weighted by Gasteiger charge is 2.39. The molecule has 20 heavy (non-hydrogen) atoms. The minimum Gasteiger partial charge on any atom is -0.410 e. The van der Waals surface area contributed by atoms with Gasteiger partial charge in [0, 0.05) is 5.92 Å². The van der Waals surface area contributed by atoms with Crippen LogP contribution in [0.4, 0.5) is 0 Å². The van der Waals surface area contributed by atoms with Crippen LogP contribution >= 0.6 is 0 Å². The van der Waals surface area contributed by atoms with Gasteiger partial charge < -0.3 is 4.43 Å². The molecule has 0 saturated carbocycles. The third-order valence-electron chi connectivity index (χ3n) is 4.09. The molecule has 1 nitrogen and oxygen atoms in total. The van der Waals surface area contributed by atoms with Crippen LogP contribution in [0, 0.1) is 5.92 Å². The van der Waals surface area contributed by atoms with Crippen molar-refractivity contribution >= 4 is 8.32 Å². The summed E-state index contributed by atoms with van der Waals surface area (Å²) in [7, 11) is -1.74. The van der Waals surface area contributed by atoms with E-state index in [0.29, 0.717) is 5.92 Å². The molecule has 2 atom stereocenters. The Balaban J connectivity index is 5.13. The summed E-state index contributed by atoms with van der Waals surface area (Å²) in [6.07, 6.45) is 11.0. The van der Waals surface area contributed by atoms with Crippen molar-refractivity contribution in [3.8, 4) is 0 Å². The summed E-state index contributed by atoms with van der Waals surface area (Å²) in [4.78, 5) is 0. The van der Waals surface area contributed by atoms with Gasteiger partial charge in [-0.1, -0.05) is 63.6 Å². The minimum atomic E-state index is -1.74. The topological polar surface area (TPSA) is 9.23 Å². The van der Waals surface area contributed by atoms with Gasteiger partial charge in [0.2, 0.25) is 0 Å². The number of hydrogen-bond donors (Lipinski definition) is 0. The molecule has 0 aromatic rings. The van der Waals surface area contributed by atoms with E-state index in [9.17, 15) is 0 Å². The average molecular weight is 295 g/mol. The van der Waals surface area contributed by atoms with E-state index in [1.165, 1.54) is 5.57 Å². The monoisotopic (exact) mass is 294 g/mol. The lowest BCUT2D eigenvalue weighted by Gasteiger charge is -2.39. The van der Waals surface area contributed by atoms with E-state index < -0.39 is 8.32 Å². The molecular formula is C18H34OSi. The Labute approximate surface area is 127 Å². The fourth-order valence-electron chi connectivity index (χ4n) is 1.86. The molecule has 0 radical (unpaired) electrons. The maximum Gasteiger partial charge on any atom is 0.192 e. The fourth-order valence-corrected chi connectivity index (χ4v) is 3.18. The van der Waals surface area contributed by atoms with E-state index in [1.54, 1.807) is 0 Å². The second-order valence-electron chi connectivity index (χ2n) is 7.14.